The molecular weight excluding hydrogens is 289 g/mol. The van der Waals surface area contributed by atoms with Gasteiger partial charge >= 0.3 is 5.97 Å². The second-order valence-electron chi connectivity index (χ2n) is 4.45. The van der Waals surface area contributed by atoms with Gasteiger partial charge in [-0.3, -0.25) is 4.79 Å². The molecule has 20 heavy (non-hydrogen) atoms. The van der Waals surface area contributed by atoms with Gasteiger partial charge in [0.25, 0.3) is 0 Å². The molecule has 7 heteroatoms. The molecule has 0 saturated carbocycles. The summed E-state index contributed by atoms with van der Waals surface area (Å²) in [4.78, 5) is 22.9. The lowest BCUT2D eigenvalue weighted by molar-refractivity contribution is -0.160. The molecule has 1 aromatic carbocycles. The first-order chi connectivity index (χ1) is 9.26. The smallest absolute Gasteiger partial charge is 0.339 e. The number of rotatable bonds is 5. The lowest BCUT2D eigenvalue weighted by atomic mass is 10.1. The number of aliphatic hydroxyl groups is 1. The van der Waals surface area contributed by atoms with Crippen molar-refractivity contribution in [2.45, 2.75) is 18.9 Å². The lowest BCUT2D eigenvalue weighted by Gasteiger charge is -2.20. The summed E-state index contributed by atoms with van der Waals surface area (Å²) < 4.78 is 17.2. The van der Waals surface area contributed by atoms with Crippen LogP contribution in [0, 0.1) is 5.82 Å². The number of amides is 1. The van der Waals surface area contributed by atoms with Crippen LogP contribution >= 0.6 is 11.6 Å². The fraction of sp³-hybridized carbons (Fsp3) is 0.385. The molecule has 0 saturated heterocycles. The Bertz CT molecular complexity index is 519. The number of hydrogen-bond acceptors (Lipinski definition) is 4. The molecule has 0 fully saturated rings. The number of nitrogens with one attached hydrogen (secondary N) is 1. The van der Waals surface area contributed by atoms with Crippen molar-refractivity contribution in [1.82, 2.24) is 5.32 Å². The van der Waals surface area contributed by atoms with Crippen molar-refractivity contribution in [3.8, 4) is 0 Å². The summed E-state index contributed by atoms with van der Waals surface area (Å²) in [5.74, 6) is -1.80. The van der Waals surface area contributed by atoms with Crippen LogP contribution in [0.1, 0.15) is 12.5 Å². The molecule has 1 unspecified atom stereocenters. The molecule has 0 spiro atoms. The Morgan fingerprint density at radius 1 is 1.50 bits per heavy atom. The number of hydrogen-bond donors (Lipinski definition) is 2. The Morgan fingerprint density at radius 3 is 2.70 bits per heavy atom. The summed E-state index contributed by atoms with van der Waals surface area (Å²) in [6.45, 7) is 0.932. The molecule has 0 aliphatic rings. The van der Waals surface area contributed by atoms with Crippen molar-refractivity contribution in [2.24, 2.45) is 0 Å². The van der Waals surface area contributed by atoms with Crippen molar-refractivity contribution in [1.29, 1.82) is 0 Å². The minimum Gasteiger partial charge on any atom is -0.467 e. The van der Waals surface area contributed by atoms with Crippen LogP contribution in [0.25, 0.3) is 0 Å². The first kappa shape index (κ1) is 16.4. The van der Waals surface area contributed by atoms with E-state index in [0.717, 1.165) is 13.2 Å². The quantitative estimate of drug-likeness (QED) is 0.798. The maximum atomic E-state index is 12.8. The lowest BCUT2D eigenvalue weighted by Crippen LogP contribution is -2.47. The standard InChI is InChI=1S/C13H15ClFNO4/c1-13(19,12(18)20-2)7-16-11(17)5-8-3-4-9(15)6-10(8)14/h3-4,6,19H,5,7H2,1-2H3,(H,16,17). The van der Waals surface area contributed by atoms with Gasteiger partial charge in [-0.2, -0.15) is 0 Å². The second-order valence-corrected chi connectivity index (χ2v) is 4.86. The molecule has 0 aromatic heterocycles. The molecular formula is C13H15ClFNO4. The van der Waals surface area contributed by atoms with Gasteiger partial charge in [0.05, 0.1) is 20.1 Å². The zero-order chi connectivity index (χ0) is 15.3. The van der Waals surface area contributed by atoms with Gasteiger partial charge in [0.1, 0.15) is 5.82 Å². The van der Waals surface area contributed by atoms with Crippen molar-refractivity contribution in [2.75, 3.05) is 13.7 Å². The predicted octanol–water partition coefficient (Wildman–Crippen LogP) is 1.06. The van der Waals surface area contributed by atoms with Crippen LogP contribution < -0.4 is 5.32 Å². The van der Waals surface area contributed by atoms with Gasteiger partial charge in [0.2, 0.25) is 5.91 Å². The average molecular weight is 304 g/mol. The molecule has 1 rings (SSSR count). The largest absolute Gasteiger partial charge is 0.467 e. The fourth-order valence-corrected chi connectivity index (χ4v) is 1.70. The highest BCUT2D eigenvalue weighted by Crippen LogP contribution is 2.17. The summed E-state index contributed by atoms with van der Waals surface area (Å²) >= 11 is 5.79. The number of methoxy groups -OCH3 is 1. The molecule has 110 valence electrons. The number of benzene rings is 1. The van der Waals surface area contributed by atoms with E-state index in [-0.39, 0.29) is 18.0 Å². The minimum atomic E-state index is -1.81. The summed E-state index contributed by atoms with van der Waals surface area (Å²) in [7, 11) is 1.14. The van der Waals surface area contributed by atoms with E-state index < -0.39 is 23.3 Å². The molecule has 1 amide bonds. The maximum absolute atomic E-state index is 12.8. The van der Waals surface area contributed by atoms with Gasteiger partial charge in [0.15, 0.2) is 5.60 Å². The van der Waals surface area contributed by atoms with Crippen LogP contribution in [0.2, 0.25) is 5.02 Å². The van der Waals surface area contributed by atoms with Crippen molar-refractivity contribution in [3.05, 3.63) is 34.6 Å². The van der Waals surface area contributed by atoms with E-state index in [9.17, 15) is 19.1 Å². The van der Waals surface area contributed by atoms with Crippen LogP contribution in [0.5, 0.6) is 0 Å². The Hall–Kier alpha value is -1.66. The molecule has 0 aliphatic heterocycles. The highest BCUT2D eigenvalue weighted by atomic mass is 35.5. The third kappa shape index (κ3) is 4.47. The Balaban J connectivity index is 2.58. The van der Waals surface area contributed by atoms with E-state index in [1.165, 1.54) is 19.1 Å². The molecule has 5 nitrogen and oxygen atoms in total. The third-order valence-corrected chi connectivity index (χ3v) is 2.97. The number of carbonyl (C=O) groups excluding carboxylic acids is 2. The molecule has 1 aromatic rings. The van der Waals surface area contributed by atoms with E-state index in [2.05, 4.69) is 10.1 Å². The van der Waals surface area contributed by atoms with Gasteiger partial charge in [-0.25, -0.2) is 9.18 Å². The normalized spacial score (nSPS) is 13.4. The second kappa shape index (κ2) is 6.67. The Kier molecular flexibility index (Phi) is 5.47. The third-order valence-electron chi connectivity index (χ3n) is 2.62. The van der Waals surface area contributed by atoms with E-state index in [0.29, 0.717) is 5.56 Å². The molecule has 1 atom stereocenters. The first-order valence-electron chi connectivity index (χ1n) is 5.77. The fourth-order valence-electron chi connectivity index (χ4n) is 1.46. The highest BCUT2D eigenvalue weighted by molar-refractivity contribution is 6.31. The highest BCUT2D eigenvalue weighted by Gasteiger charge is 2.31. The first-order valence-corrected chi connectivity index (χ1v) is 6.15. The minimum absolute atomic E-state index is 0.0869. The van der Waals surface area contributed by atoms with E-state index in [4.69, 9.17) is 11.6 Å². The predicted molar refractivity (Wildman–Crippen MR) is 70.8 cm³/mol. The Labute approximate surface area is 120 Å². The van der Waals surface area contributed by atoms with E-state index >= 15 is 0 Å². The summed E-state index contributed by atoms with van der Waals surface area (Å²) in [6.07, 6.45) is -0.0869. The number of carbonyl (C=O) groups is 2. The maximum Gasteiger partial charge on any atom is 0.339 e. The van der Waals surface area contributed by atoms with Crippen molar-refractivity contribution >= 4 is 23.5 Å². The van der Waals surface area contributed by atoms with Crippen LogP contribution in [0.15, 0.2) is 18.2 Å². The Morgan fingerprint density at radius 2 is 2.15 bits per heavy atom. The summed E-state index contributed by atoms with van der Waals surface area (Å²) in [5, 5.41) is 12.2. The molecule has 2 N–H and O–H groups in total. The van der Waals surface area contributed by atoms with Crippen LogP contribution in [-0.2, 0) is 20.7 Å². The van der Waals surface area contributed by atoms with E-state index in [1.807, 2.05) is 0 Å². The molecule has 0 heterocycles. The van der Waals surface area contributed by atoms with E-state index in [1.54, 1.807) is 0 Å². The topological polar surface area (TPSA) is 75.6 Å². The van der Waals surface area contributed by atoms with Gasteiger partial charge in [0, 0.05) is 5.02 Å². The zero-order valence-electron chi connectivity index (χ0n) is 11.1. The monoisotopic (exact) mass is 303 g/mol. The van der Waals surface area contributed by atoms with Crippen molar-refractivity contribution < 1.29 is 23.8 Å². The van der Waals surface area contributed by atoms with Gasteiger partial charge in [-0.1, -0.05) is 17.7 Å². The summed E-state index contributed by atoms with van der Waals surface area (Å²) in [5.41, 5.74) is -1.36. The molecule has 0 aliphatic carbocycles. The molecule has 0 bridgehead atoms. The number of halogens is 2. The van der Waals surface area contributed by atoms with Gasteiger partial charge < -0.3 is 15.2 Å². The van der Waals surface area contributed by atoms with Crippen molar-refractivity contribution in [3.63, 3.8) is 0 Å². The zero-order valence-corrected chi connectivity index (χ0v) is 11.8. The number of ether oxygens (including phenoxy) is 1. The SMILES string of the molecule is COC(=O)C(C)(O)CNC(=O)Cc1ccc(F)cc1Cl. The van der Waals surface area contributed by atoms with Crippen LogP contribution in [0.3, 0.4) is 0 Å². The molecule has 0 radical (unpaired) electrons. The van der Waals surface area contributed by atoms with Crippen LogP contribution in [-0.4, -0.2) is 36.2 Å². The van der Waals surface area contributed by atoms with Gasteiger partial charge in [-0.15, -0.1) is 0 Å². The average Bonchev–Trinajstić information content (AvgIpc) is 2.39. The summed E-state index contributed by atoms with van der Waals surface area (Å²) in [6, 6.07) is 3.70. The number of esters is 1. The van der Waals surface area contributed by atoms with Gasteiger partial charge in [-0.05, 0) is 24.6 Å². The van der Waals surface area contributed by atoms with Crippen LogP contribution in [0.4, 0.5) is 4.39 Å².